The van der Waals surface area contributed by atoms with Gasteiger partial charge in [0.1, 0.15) is 12.2 Å². The summed E-state index contributed by atoms with van der Waals surface area (Å²) in [6, 6.07) is 0. The van der Waals surface area contributed by atoms with Gasteiger partial charge in [-0.3, -0.25) is 8.98 Å². The second-order valence-corrected chi connectivity index (χ2v) is 7.79. The number of hydrogen-bond donors (Lipinski definition) is 0. The fourth-order valence-corrected chi connectivity index (χ4v) is 4.66. The number of sulfonamides is 1. The van der Waals surface area contributed by atoms with Gasteiger partial charge >= 0.3 is 5.97 Å². The van der Waals surface area contributed by atoms with E-state index in [-0.39, 0.29) is 5.92 Å². The van der Waals surface area contributed by atoms with E-state index < -0.39 is 50.7 Å². The topological polar surface area (TPSA) is 127 Å². The van der Waals surface area contributed by atoms with Crippen LogP contribution in [0.1, 0.15) is 6.42 Å². The van der Waals surface area contributed by atoms with Crippen molar-refractivity contribution in [2.45, 2.75) is 30.8 Å². The maximum atomic E-state index is 11.5. The molecule has 19 heavy (non-hydrogen) atoms. The van der Waals surface area contributed by atoms with Crippen LogP contribution in [0.5, 0.6) is 0 Å². The molecule has 5 atom stereocenters. The molecule has 0 aromatic carbocycles. The Bertz CT molecular complexity index is 625. The number of carbonyl (C=O) groups excluding carboxylic acids is 1. The molecule has 5 unspecified atom stereocenters. The monoisotopic (exact) mass is 312 g/mol. The van der Waals surface area contributed by atoms with Crippen molar-refractivity contribution in [2.24, 2.45) is 5.92 Å². The quantitative estimate of drug-likeness (QED) is 0.584. The Morgan fingerprint density at radius 2 is 1.95 bits per heavy atom. The molecule has 0 spiro atoms. The summed E-state index contributed by atoms with van der Waals surface area (Å²) >= 11 is 0. The van der Waals surface area contributed by atoms with Crippen molar-refractivity contribution < 1.29 is 35.3 Å². The largest absolute Gasteiger partial charge is 0.456 e. The third-order valence-electron chi connectivity index (χ3n) is 3.24. The van der Waals surface area contributed by atoms with E-state index in [0.717, 1.165) is 0 Å². The molecule has 0 radical (unpaired) electrons. The van der Waals surface area contributed by atoms with E-state index in [1.165, 1.54) is 0 Å². The molecule has 0 aromatic rings. The molecule has 3 fully saturated rings. The second kappa shape index (κ2) is 3.88. The van der Waals surface area contributed by atoms with Crippen LogP contribution in [0.4, 0.5) is 0 Å². The molecule has 0 amide bonds. The summed E-state index contributed by atoms with van der Waals surface area (Å²) in [4.78, 5) is 11.4. The maximum absolute atomic E-state index is 11.5. The van der Waals surface area contributed by atoms with Crippen LogP contribution in [0.15, 0.2) is 0 Å². The fraction of sp³-hybridized carbons (Fsp3) is 0.875. The van der Waals surface area contributed by atoms with E-state index in [1.807, 2.05) is 0 Å². The summed E-state index contributed by atoms with van der Waals surface area (Å²) in [6.07, 6.45) is -2.04. The van der Waals surface area contributed by atoms with Crippen LogP contribution in [0, 0.1) is 5.92 Å². The zero-order valence-electron chi connectivity index (χ0n) is 9.62. The van der Waals surface area contributed by atoms with Crippen LogP contribution in [0.3, 0.4) is 0 Å². The van der Waals surface area contributed by atoms with Crippen molar-refractivity contribution in [2.75, 3.05) is 6.26 Å². The van der Waals surface area contributed by atoms with Gasteiger partial charge < -0.3 is 13.6 Å². The highest BCUT2D eigenvalue weighted by Crippen LogP contribution is 2.48. The number of hydrogen-bond acceptors (Lipinski definition) is 8. The van der Waals surface area contributed by atoms with Crippen LogP contribution in [-0.4, -0.2) is 53.5 Å². The highest BCUT2D eigenvalue weighted by Gasteiger charge is 2.64. The molecule has 9 nitrogen and oxygen atoms in total. The van der Waals surface area contributed by atoms with Gasteiger partial charge in [-0.05, 0) is 6.42 Å². The van der Waals surface area contributed by atoms with Crippen molar-refractivity contribution in [1.29, 1.82) is 0 Å². The molecule has 0 N–H and O–H groups in total. The van der Waals surface area contributed by atoms with E-state index in [4.69, 9.17) is 13.7 Å². The summed E-state index contributed by atoms with van der Waals surface area (Å²) in [5, 5.41) is 0. The lowest BCUT2D eigenvalue weighted by Gasteiger charge is -2.26. The SMILES string of the molecule is CS(=O)(=O)[N-]S(=O)(=O)OC1C2CC3C(=O)OC1C3O2. The minimum atomic E-state index is -4.62. The van der Waals surface area contributed by atoms with E-state index in [9.17, 15) is 21.6 Å². The van der Waals surface area contributed by atoms with E-state index in [1.54, 1.807) is 0 Å². The predicted molar refractivity (Wildman–Crippen MR) is 58.6 cm³/mol. The molecule has 0 aliphatic carbocycles. The van der Waals surface area contributed by atoms with Gasteiger partial charge in [0.15, 0.2) is 6.10 Å². The Morgan fingerprint density at radius 3 is 2.58 bits per heavy atom. The van der Waals surface area contributed by atoms with Gasteiger partial charge in [-0.25, -0.2) is 16.8 Å². The summed E-state index contributed by atoms with van der Waals surface area (Å²) in [5.74, 6) is -0.828. The van der Waals surface area contributed by atoms with Gasteiger partial charge in [-0.1, -0.05) is 0 Å². The normalized spacial score (nSPS) is 40.7. The zero-order chi connectivity index (χ0) is 14.0. The first-order valence-electron chi connectivity index (χ1n) is 5.40. The minimum absolute atomic E-state index is 0.305. The number of nitrogens with zero attached hydrogens (tertiary/aromatic N) is 1. The molecular weight excluding hydrogens is 302 g/mol. The van der Waals surface area contributed by atoms with Crippen LogP contribution in [0.25, 0.3) is 4.13 Å². The summed E-state index contributed by atoms with van der Waals surface area (Å²) in [5.41, 5.74) is 0. The highest BCUT2D eigenvalue weighted by atomic mass is 32.3. The van der Waals surface area contributed by atoms with Gasteiger partial charge in [0.05, 0.1) is 22.0 Å². The van der Waals surface area contributed by atoms with Gasteiger partial charge in [0.2, 0.25) is 10.3 Å². The first-order valence-corrected chi connectivity index (χ1v) is 8.61. The summed E-state index contributed by atoms with van der Waals surface area (Å²) in [7, 11) is -8.72. The number of fused-ring (bicyclic) bond motifs is 1. The molecule has 3 aliphatic heterocycles. The average Bonchev–Trinajstić information content (AvgIpc) is 2.78. The number of esters is 1. The van der Waals surface area contributed by atoms with E-state index in [2.05, 4.69) is 4.13 Å². The van der Waals surface area contributed by atoms with E-state index >= 15 is 0 Å². The number of ether oxygens (including phenoxy) is 2. The number of rotatable bonds is 4. The molecule has 3 aliphatic rings. The Balaban J connectivity index is 1.77. The smallest absolute Gasteiger partial charge is 0.312 e. The Kier molecular flexibility index (Phi) is 2.71. The van der Waals surface area contributed by atoms with Crippen molar-refractivity contribution in [3.8, 4) is 0 Å². The third kappa shape index (κ3) is 2.25. The van der Waals surface area contributed by atoms with Gasteiger partial charge in [0.25, 0.3) is 0 Å². The average molecular weight is 312 g/mol. The molecular formula is C8H10NO8S2-. The molecule has 0 aromatic heterocycles. The Hall–Kier alpha value is -0.750. The fourth-order valence-electron chi connectivity index (χ4n) is 2.68. The number of carbonyl (C=O) groups is 1. The molecule has 2 bridgehead atoms. The molecule has 3 saturated heterocycles. The lowest BCUT2D eigenvalue weighted by molar-refractivity contribution is -0.145. The Labute approximate surface area is 109 Å². The highest BCUT2D eigenvalue weighted by molar-refractivity contribution is 8.09. The van der Waals surface area contributed by atoms with Crippen molar-refractivity contribution in [3.63, 3.8) is 0 Å². The summed E-state index contributed by atoms with van der Waals surface area (Å²) < 4.78 is 62.3. The molecule has 3 heterocycles. The van der Waals surface area contributed by atoms with Gasteiger partial charge in [0, 0.05) is 6.26 Å². The molecule has 0 saturated carbocycles. The minimum Gasteiger partial charge on any atom is -0.456 e. The van der Waals surface area contributed by atoms with Crippen LogP contribution >= 0.6 is 0 Å². The van der Waals surface area contributed by atoms with Crippen molar-refractivity contribution in [1.82, 2.24) is 0 Å². The van der Waals surface area contributed by atoms with E-state index in [0.29, 0.717) is 12.7 Å². The first kappa shape index (κ1) is 13.2. The second-order valence-electron chi connectivity index (χ2n) is 4.68. The molecule has 108 valence electrons. The first-order chi connectivity index (χ1) is 8.66. The lowest BCUT2D eigenvalue weighted by atomic mass is 9.88. The zero-order valence-corrected chi connectivity index (χ0v) is 11.3. The summed E-state index contributed by atoms with van der Waals surface area (Å²) in [6.45, 7) is 0. The van der Waals surface area contributed by atoms with Crippen LogP contribution < -0.4 is 0 Å². The van der Waals surface area contributed by atoms with Crippen molar-refractivity contribution in [3.05, 3.63) is 4.13 Å². The molecule has 11 heteroatoms. The van der Waals surface area contributed by atoms with Crippen LogP contribution in [-0.2, 0) is 38.8 Å². The van der Waals surface area contributed by atoms with Gasteiger partial charge in [-0.15, -0.1) is 0 Å². The standard InChI is InChI=1S/C8H10NO8S2/c1-18(11,12)9-19(13,14)17-6-4-2-3-5(15-4)7(6)16-8(3)10/h3-7H,2H2,1H3/q-1. The predicted octanol–water partition coefficient (Wildman–Crippen LogP) is -1.34. The van der Waals surface area contributed by atoms with Crippen LogP contribution in [0.2, 0.25) is 0 Å². The maximum Gasteiger partial charge on any atom is 0.312 e. The van der Waals surface area contributed by atoms with Crippen molar-refractivity contribution >= 4 is 26.3 Å². The molecule has 3 rings (SSSR count). The third-order valence-corrected chi connectivity index (χ3v) is 5.52. The van der Waals surface area contributed by atoms with Gasteiger partial charge in [-0.2, -0.15) is 0 Å². The lowest BCUT2D eigenvalue weighted by Crippen LogP contribution is -2.40. The Morgan fingerprint density at radius 1 is 1.26 bits per heavy atom.